The monoisotopic (exact) mass is 446 g/mol. The summed E-state index contributed by atoms with van der Waals surface area (Å²) in [4.78, 5) is 27.0. The van der Waals surface area contributed by atoms with E-state index in [2.05, 4.69) is 11.4 Å². The number of Topliss-reactive ketones (excluding diaryl/α,β-unsaturated/α-hetero) is 2. The maximum atomic E-state index is 12.8. The summed E-state index contributed by atoms with van der Waals surface area (Å²) >= 11 is 0. The molecule has 0 spiro atoms. The van der Waals surface area contributed by atoms with Crippen LogP contribution in [0, 0.1) is 5.92 Å². The van der Waals surface area contributed by atoms with Crippen molar-refractivity contribution in [3.8, 4) is 0 Å². The predicted molar refractivity (Wildman–Crippen MR) is 120 cm³/mol. The molecule has 0 fully saturated rings. The average Bonchev–Trinajstić information content (AvgIpc) is 2.78. The number of carbonyl (C=O) groups is 2. The van der Waals surface area contributed by atoms with Crippen LogP contribution in [0.15, 0.2) is 42.5 Å². The normalized spacial score (nSPS) is 12.6. The molecule has 1 aromatic rings. The second-order valence-electron chi connectivity index (χ2n) is 7.44. The molecule has 2 atom stereocenters. The first kappa shape index (κ1) is 27.6. The number of rotatable bonds is 19. The Hall–Kier alpha value is -2.48. The SMILES string of the molecule is C=C(CC[C@H](C(=O)CCC(=O)C=[N+]=[N-])[C@@H](C)OCOCCOC)COCc1ccccc1. The number of benzene rings is 1. The first-order valence-corrected chi connectivity index (χ1v) is 10.7. The van der Waals surface area contributed by atoms with Crippen LogP contribution >= 0.6 is 0 Å². The molecule has 8 nitrogen and oxygen atoms in total. The lowest BCUT2D eigenvalue weighted by Gasteiger charge is -2.23. The first-order chi connectivity index (χ1) is 15.5. The maximum Gasteiger partial charge on any atom is 0.323 e. The summed E-state index contributed by atoms with van der Waals surface area (Å²) in [7, 11) is 1.58. The molecule has 0 aliphatic carbocycles. The molecule has 1 aromatic carbocycles. The van der Waals surface area contributed by atoms with Gasteiger partial charge in [-0.15, -0.1) is 0 Å². The van der Waals surface area contributed by atoms with Crippen LogP contribution in [0.1, 0.15) is 38.2 Å². The molecule has 0 unspecified atom stereocenters. The van der Waals surface area contributed by atoms with Crippen molar-refractivity contribution in [1.82, 2.24) is 0 Å². The van der Waals surface area contributed by atoms with E-state index in [1.807, 2.05) is 37.3 Å². The average molecular weight is 447 g/mol. The van der Waals surface area contributed by atoms with E-state index < -0.39 is 17.8 Å². The molecule has 1 rings (SSSR count). The molecule has 32 heavy (non-hydrogen) atoms. The van der Waals surface area contributed by atoms with Gasteiger partial charge in [0.2, 0.25) is 5.78 Å². The van der Waals surface area contributed by atoms with Crippen molar-refractivity contribution >= 4 is 17.8 Å². The van der Waals surface area contributed by atoms with E-state index in [0.717, 1.165) is 17.4 Å². The Morgan fingerprint density at radius 3 is 2.56 bits per heavy atom. The summed E-state index contributed by atoms with van der Waals surface area (Å²) < 4.78 is 21.6. The van der Waals surface area contributed by atoms with E-state index in [4.69, 9.17) is 24.5 Å². The van der Waals surface area contributed by atoms with Crippen LogP contribution in [0.2, 0.25) is 0 Å². The van der Waals surface area contributed by atoms with Crippen molar-refractivity contribution < 1.29 is 33.3 Å². The molecule has 0 heterocycles. The largest absolute Gasteiger partial charge is 0.382 e. The molecule has 0 bridgehead atoms. The number of methoxy groups -OCH3 is 1. The summed E-state index contributed by atoms with van der Waals surface area (Å²) in [6, 6.07) is 9.86. The van der Waals surface area contributed by atoms with Crippen LogP contribution in [-0.2, 0) is 35.1 Å². The van der Waals surface area contributed by atoms with Crippen LogP contribution in [0.5, 0.6) is 0 Å². The Kier molecular flexibility index (Phi) is 14.7. The van der Waals surface area contributed by atoms with E-state index in [1.54, 1.807) is 7.11 Å². The number of carbonyl (C=O) groups excluding carboxylic acids is 2. The van der Waals surface area contributed by atoms with Gasteiger partial charge >= 0.3 is 6.21 Å². The van der Waals surface area contributed by atoms with Crippen LogP contribution in [0.3, 0.4) is 0 Å². The van der Waals surface area contributed by atoms with Crippen LogP contribution in [0.25, 0.3) is 5.53 Å². The summed E-state index contributed by atoms with van der Waals surface area (Å²) in [6.07, 6.45) is 1.55. The lowest BCUT2D eigenvalue weighted by molar-refractivity contribution is -0.138. The molecule has 0 saturated carbocycles. The lowest BCUT2D eigenvalue weighted by atomic mass is 9.89. The first-order valence-electron chi connectivity index (χ1n) is 10.7. The second kappa shape index (κ2) is 17.1. The molecule has 0 amide bonds. The third-order valence-corrected chi connectivity index (χ3v) is 4.87. The number of hydrogen-bond donors (Lipinski definition) is 0. The number of ketones is 2. The zero-order chi connectivity index (χ0) is 23.6. The van der Waals surface area contributed by atoms with Gasteiger partial charge in [-0.2, -0.15) is 4.79 Å². The van der Waals surface area contributed by atoms with E-state index in [-0.39, 0.29) is 25.4 Å². The standard InChI is InChI=1S/C24H34N2O6/c1-19(16-31-17-21-7-5-4-6-8-21)9-11-23(20(2)32-18-30-14-13-29-3)24(28)12-10-22(27)15-26-25/h4-8,15,20,23H,1,9-14,16-18H2,2-3H3/t20-,23+/m1/s1. The Balaban J connectivity index is 2.53. The molecule has 0 aliphatic heterocycles. The zero-order valence-corrected chi connectivity index (χ0v) is 19.0. The molecule has 0 aliphatic rings. The Bertz CT molecular complexity index is 746. The molecule has 0 radical (unpaired) electrons. The highest BCUT2D eigenvalue weighted by atomic mass is 16.7. The van der Waals surface area contributed by atoms with Crippen molar-refractivity contribution in [2.45, 2.75) is 45.3 Å². The quantitative estimate of drug-likeness (QED) is 0.0805. The fourth-order valence-electron chi connectivity index (χ4n) is 3.01. The van der Waals surface area contributed by atoms with Crippen molar-refractivity contribution in [1.29, 1.82) is 0 Å². The Labute approximate surface area is 190 Å². The number of hydrogen-bond acceptors (Lipinski definition) is 6. The molecular formula is C24H34N2O6. The smallest absolute Gasteiger partial charge is 0.323 e. The Morgan fingerprint density at radius 2 is 1.88 bits per heavy atom. The van der Waals surface area contributed by atoms with Gasteiger partial charge in [-0.3, -0.25) is 9.59 Å². The minimum atomic E-state index is -0.425. The zero-order valence-electron chi connectivity index (χ0n) is 19.0. The van der Waals surface area contributed by atoms with Gasteiger partial charge in [-0.25, -0.2) is 0 Å². The highest BCUT2D eigenvalue weighted by molar-refractivity contribution is 6.25. The number of nitrogens with zero attached hydrogens (tertiary/aromatic N) is 2. The molecule has 0 N–H and O–H groups in total. The predicted octanol–water partition coefficient (Wildman–Crippen LogP) is 3.40. The molecule has 8 heteroatoms. The third-order valence-electron chi connectivity index (χ3n) is 4.87. The second-order valence-corrected chi connectivity index (χ2v) is 7.44. The van der Waals surface area contributed by atoms with Crippen LogP contribution in [-0.4, -0.2) is 62.4 Å². The van der Waals surface area contributed by atoms with E-state index in [1.165, 1.54) is 0 Å². The Morgan fingerprint density at radius 1 is 1.12 bits per heavy atom. The molecule has 176 valence electrons. The molecular weight excluding hydrogens is 412 g/mol. The van der Waals surface area contributed by atoms with Crippen molar-refractivity contribution in [2.24, 2.45) is 5.92 Å². The summed E-state index contributed by atoms with van der Waals surface area (Å²) in [6.45, 7) is 7.66. The molecule has 0 saturated heterocycles. The van der Waals surface area contributed by atoms with E-state index in [9.17, 15) is 9.59 Å². The lowest BCUT2D eigenvalue weighted by Crippen LogP contribution is -2.30. The summed E-state index contributed by atoms with van der Waals surface area (Å²) in [5.74, 6) is -0.923. The fraction of sp³-hybridized carbons (Fsp3) is 0.542. The highest BCUT2D eigenvalue weighted by Gasteiger charge is 2.26. The fourth-order valence-corrected chi connectivity index (χ4v) is 3.01. The number of ether oxygens (including phenoxy) is 4. The minimum Gasteiger partial charge on any atom is -0.382 e. The van der Waals surface area contributed by atoms with Crippen molar-refractivity contribution in [3.63, 3.8) is 0 Å². The van der Waals surface area contributed by atoms with Crippen molar-refractivity contribution in [3.05, 3.63) is 53.6 Å². The van der Waals surface area contributed by atoms with Gasteiger partial charge in [0.25, 0.3) is 0 Å². The van der Waals surface area contributed by atoms with Gasteiger partial charge in [-0.05, 0) is 25.3 Å². The van der Waals surface area contributed by atoms with Crippen LogP contribution in [0.4, 0.5) is 0 Å². The van der Waals surface area contributed by atoms with E-state index in [0.29, 0.717) is 39.3 Å². The van der Waals surface area contributed by atoms with Crippen LogP contribution < -0.4 is 0 Å². The van der Waals surface area contributed by atoms with Gasteiger partial charge < -0.3 is 24.5 Å². The van der Waals surface area contributed by atoms with Crippen molar-refractivity contribution in [2.75, 3.05) is 33.7 Å². The van der Waals surface area contributed by atoms with Gasteiger partial charge in [0.1, 0.15) is 12.6 Å². The van der Waals surface area contributed by atoms with Gasteiger partial charge in [0.05, 0.1) is 32.5 Å². The summed E-state index contributed by atoms with van der Waals surface area (Å²) in [5, 5.41) is 0. The molecule has 0 aromatic heterocycles. The van der Waals surface area contributed by atoms with E-state index >= 15 is 0 Å². The van der Waals surface area contributed by atoms with Gasteiger partial charge in [-0.1, -0.05) is 42.5 Å². The van der Waals surface area contributed by atoms with Gasteiger partial charge in [0.15, 0.2) is 0 Å². The maximum absolute atomic E-state index is 12.8. The van der Waals surface area contributed by atoms with Gasteiger partial charge in [0, 0.05) is 25.9 Å². The summed E-state index contributed by atoms with van der Waals surface area (Å²) in [5.41, 5.74) is 10.4. The minimum absolute atomic E-state index is 0.0163. The third kappa shape index (κ3) is 12.4. The highest BCUT2D eigenvalue weighted by Crippen LogP contribution is 2.21. The topological polar surface area (TPSA) is 107 Å².